The second kappa shape index (κ2) is 8.59. The van der Waals surface area contributed by atoms with Crippen molar-refractivity contribution in [2.24, 2.45) is 0 Å². The molecule has 0 fully saturated rings. The third kappa shape index (κ3) is 9.59. The summed E-state index contributed by atoms with van der Waals surface area (Å²) in [5.41, 5.74) is 0. The molecule has 88 valence electrons. The molecule has 0 aromatic rings. The van der Waals surface area contributed by atoms with Crippen LogP contribution in [0, 0.1) is 0 Å². The summed E-state index contributed by atoms with van der Waals surface area (Å²) in [5.74, 6) is -0.900. The molecular weight excluding hydrogens is 214 g/mol. The predicted octanol–water partition coefficient (Wildman–Crippen LogP) is 1.50. The topological polar surface area (TPSA) is 66.4 Å². The predicted molar refractivity (Wildman–Crippen MR) is 62.1 cm³/mol. The molecule has 5 heteroatoms. The molecule has 0 bridgehead atoms. The maximum atomic E-state index is 11.2. The van der Waals surface area contributed by atoms with Crippen LogP contribution in [-0.4, -0.2) is 35.0 Å². The molecule has 0 aromatic heterocycles. The first-order valence-corrected chi connectivity index (χ1v) is 6.36. The van der Waals surface area contributed by atoms with Crippen molar-refractivity contribution < 1.29 is 14.7 Å². The fourth-order valence-electron chi connectivity index (χ4n) is 1.02. The summed E-state index contributed by atoms with van der Waals surface area (Å²) in [7, 11) is 0. The molecule has 0 saturated carbocycles. The Hall–Kier alpha value is -0.710. The Balaban J connectivity index is 3.37. The fraction of sp³-hybridized carbons (Fsp3) is 0.800. The lowest BCUT2D eigenvalue weighted by Crippen LogP contribution is -2.25. The molecule has 1 amide bonds. The zero-order chi connectivity index (χ0) is 11.7. The standard InChI is InChI=1S/C10H19NO3S/c1-8(15-2)6-7-11-9(12)4-3-5-10(13)14/h8H,3-7H2,1-2H3,(H,11,12)(H,13,14). The summed E-state index contributed by atoms with van der Waals surface area (Å²) in [6.45, 7) is 2.79. The molecule has 0 aliphatic carbocycles. The number of rotatable bonds is 8. The normalized spacial score (nSPS) is 12.1. The van der Waals surface area contributed by atoms with E-state index in [0.717, 1.165) is 6.42 Å². The molecule has 0 rings (SSSR count). The van der Waals surface area contributed by atoms with E-state index in [4.69, 9.17) is 5.11 Å². The van der Waals surface area contributed by atoms with Crippen LogP contribution in [0.3, 0.4) is 0 Å². The molecule has 0 aliphatic rings. The number of thioether (sulfide) groups is 1. The van der Waals surface area contributed by atoms with Gasteiger partial charge in [-0.2, -0.15) is 11.8 Å². The molecule has 15 heavy (non-hydrogen) atoms. The lowest BCUT2D eigenvalue weighted by molar-refractivity contribution is -0.137. The van der Waals surface area contributed by atoms with Gasteiger partial charge < -0.3 is 10.4 Å². The third-order valence-corrected chi connectivity index (χ3v) is 3.11. The van der Waals surface area contributed by atoms with Gasteiger partial charge in [-0.05, 0) is 19.1 Å². The quantitative estimate of drug-likeness (QED) is 0.666. The second-order valence-corrected chi connectivity index (χ2v) is 4.71. The van der Waals surface area contributed by atoms with E-state index in [-0.39, 0.29) is 12.3 Å². The van der Waals surface area contributed by atoms with Crippen molar-refractivity contribution in [3.05, 3.63) is 0 Å². The summed E-state index contributed by atoms with van der Waals surface area (Å²) in [6, 6.07) is 0. The van der Waals surface area contributed by atoms with Crippen molar-refractivity contribution in [3.63, 3.8) is 0 Å². The largest absolute Gasteiger partial charge is 0.481 e. The minimum atomic E-state index is -0.848. The van der Waals surface area contributed by atoms with Crippen LogP contribution in [0.1, 0.15) is 32.6 Å². The third-order valence-electron chi connectivity index (χ3n) is 2.07. The average molecular weight is 233 g/mol. The minimum absolute atomic E-state index is 0.0513. The molecule has 1 unspecified atom stereocenters. The number of hydrogen-bond acceptors (Lipinski definition) is 3. The lowest BCUT2D eigenvalue weighted by atomic mass is 10.2. The number of nitrogens with one attached hydrogen (secondary N) is 1. The van der Waals surface area contributed by atoms with E-state index in [0.29, 0.717) is 24.6 Å². The average Bonchev–Trinajstić information content (AvgIpc) is 2.17. The van der Waals surface area contributed by atoms with Crippen molar-refractivity contribution in [2.45, 2.75) is 37.9 Å². The number of aliphatic carboxylic acids is 1. The molecule has 0 saturated heterocycles. The highest BCUT2D eigenvalue weighted by molar-refractivity contribution is 7.99. The van der Waals surface area contributed by atoms with Gasteiger partial charge in [-0.1, -0.05) is 6.92 Å². The maximum absolute atomic E-state index is 11.2. The van der Waals surface area contributed by atoms with Crippen LogP contribution in [0.5, 0.6) is 0 Å². The molecule has 1 atom stereocenters. The van der Waals surface area contributed by atoms with Gasteiger partial charge in [0.2, 0.25) is 5.91 Å². The Morgan fingerprint density at radius 2 is 2.07 bits per heavy atom. The van der Waals surface area contributed by atoms with Gasteiger partial charge in [-0.25, -0.2) is 0 Å². The van der Waals surface area contributed by atoms with Crippen LogP contribution in [-0.2, 0) is 9.59 Å². The van der Waals surface area contributed by atoms with Crippen LogP contribution in [0.15, 0.2) is 0 Å². The van der Waals surface area contributed by atoms with E-state index < -0.39 is 5.97 Å². The number of hydrogen-bond donors (Lipinski definition) is 2. The van der Waals surface area contributed by atoms with Gasteiger partial charge >= 0.3 is 5.97 Å². The first kappa shape index (κ1) is 14.3. The zero-order valence-corrected chi connectivity index (χ0v) is 10.1. The first-order chi connectivity index (χ1) is 7.06. The highest BCUT2D eigenvalue weighted by atomic mass is 32.2. The van der Waals surface area contributed by atoms with Crippen molar-refractivity contribution >= 4 is 23.6 Å². The Morgan fingerprint density at radius 3 is 2.60 bits per heavy atom. The molecule has 2 N–H and O–H groups in total. The minimum Gasteiger partial charge on any atom is -0.481 e. The monoisotopic (exact) mass is 233 g/mol. The summed E-state index contributed by atoms with van der Waals surface area (Å²) in [5, 5.41) is 11.7. The molecule has 0 heterocycles. The number of carbonyl (C=O) groups excluding carboxylic acids is 1. The highest BCUT2D eigenvalue weighted by Crippen LogP contribution is 2.07. The number of carboxylic acid groups (broad SMARTS) is 1. The molecule has 0 aliphatic heterocycles. The Labute approximate surface area is 94.8 Å². The van der Waals surface area contributed by atoms with Crippen molar-refractivity contribution in [1.29, 1.82) is 0 Å². The van der Waals surface area contributed by atoms with Gasteiger partial charge in [0.15, 0.2) is 0 Å². The van der Waals surface area contributed by atoms with Gasteiger partial charge in [-0.15, -0.1) is 0 Å². The van der Waals surface area contributed by atoms with Gasteiger partial charge in [0.1, 0.15) is 0 Å². The van der Waals surface area contributed by atoms with E-state index in [2.05, 4.69) is 12.2 Å². The van der Waals surface area contributed by atoms with Crippen LogP contribution < -0.4 is 5.32 Å². The second-order valence-electron chi connectivity index (χ2n) is 3.43. The van der Waals surface area contributed by atoms with E-state index in [1.807, 2.05) is 6.26 Å². The lowest BCUT2D eigenvalue weighted by Gasteiger charge is -2.08. The first-order valence-electron chi connectivity index (χ1n) is 5.07. The van der Waals surface area contributed by atoms with Gasteiger partial charge in [0, 0.05) is 24.6 Å². The maximum Gasteiger partial charge on any atom is 0.303 e. The fourth-order valence-corrected chi connectivity index (χ4v) is 1.37. The Bertz CT molecular complexity index is 209. The number of carbonyl (C=O) groups is 2. The summed E-state index contributed by atoms with van der Waals surface area (Å²) in [4.78, 5) is 21.4. The van der Waals surface area contributed by atoms with Crippen LogP contribution in [0.25, 0.3) is 0 Å². The van der Waals surface area contributed by atoms with Crippen LogP contribution in [0.2, 0.25) is 0 Å². The molecule has 4 nitrogen and oxygen atoms in total. The van der Waals surface area contributed by atoms with Crippen molar-refractivity contribution in [1.82, 2.24) is 5.32 Å². The van der Waals surface area contributed by atoms with Crippen molar-refractivity contribution in [2.75, 3.05) is 12.8 Å². The summed E-state index contributed by atoms with van der Waals surface area (Å²) < 4.78 is 0. The Morgan fingerprint density at radius 1 is 1.40 bits per heavy atom. The highest BCUT2D eigenvalue weighted by Gasteiger charge is 2.04. The SMILES string of the molecule is CSC(C)CCNC(=O)CCCC(=O)O. The molecule has 0 aromatic carbocycles. The van der Waals surface area contributed by atoms with E-state index >= 15 is 0 Å². The smallest absolute Gasteiger partial charge is 0.303 e. The van der Waals surface area contributed by atoms with Crippen LogP contribution in [0.4, 0.5) is 0 Å². The number of amides is 1. The molecule has 0 spiro atoms. The molecular formula is C10H19NO3S. The summed E-state index contributed by atoms with van der Waals surface area (Å²) in [6.07, 6.45) is 3.78. The summed E-state index contributed by atoms with van der Waals surface area (Å²) >= 11 is 1.77. The van der Waals surface area contributed by atoms with Gasteiger partial charge in [0.05, 0.1) is 0 Å². The van der Waals surface area contributed by atoms with E-state index in [1.54, 1.807) is 11.8 Å². The van der Waals surface area contributed by atoms with E-state index in [1.165, 1.54) is 0 Å². The number of carboxylic acids is 1. The zero-order valence-electron chi connectivity index (χ0n) is 9.28. The van der Waals surface area contributed by atoms with Crippen molar-refractivity contribution in [3.8, 4) is 0 Å². The van der Waals surface area contributed by atoms with Crippen LogP contribution >= 0.6 is 11.8 Å². The van der Waals surface area contributed by atoms with E-state index in [9.17, 15) is 9.59 Å². The van der Waals surface area contributed by atoms with Gasteiger partial charge in [-0.3, -0.25) is 9.59 Å². The Kier molecular flexibility index (Phi) is 8.18. The van der Waals surface area contributed by atoms with Gasteiger partial charge in [0.25, 0.3) is 0 Å². The molecule has 0 radical (unpaired) electrons.